The fraction of sp³-hybridized carbons (Fsp3) is 0.0556. The Morgan fingerprint density at radius 3 is 2.61 bits per heavy atom. The van der Waals surface area contributed by atoms with Crippen molar-refractivity contribution in [1.82, 2.24) is 4.57 Å². The maximum absolute atomic E-state index is 6.07. The molecular formula is C18H14BrClN2O. The Bertz CT molecular complexity index is 840. The highest BCUT2D eigenvalue weighted by Gasteiger charge is 2.00. The molecule has 116 valence electrons. The molecule has 5 heteroatoms. The first kappa shape index (κ1) is 15.8. The van der Waals surface area contributed by atoms with Gasteiger partial charge in [0.05, 0.1) is 17.8 Å². The summed E-state index contributed by atoms with van der Waals surface area (Å²) in [6.45, 7) is 0. The molecule has 3 nitrogen and oxygen atoms in total. The molecule has 0 saturated carbocycles. The van der Waals surface area contributed by atoms with Gasteiger partial charge in [-0.05, 0) is 64.5 Å². The Morgan fingerprint density at radius 2 is 1.91 bits per heavy atom. The molecule has 0 fully saturated rings. The van der Waals surface area contributed by atoms with E-state index in [-0.39, 0.29) is 0 Å². The Morgan fingerprint density at radius 1 is 1.13 bits per heavy atom. The molecule has 0 bridgehead atoms. The van der Waals surface area contributed by atoms with Crippen molar-refractivity contribution in [1.29, 1.82) is 0 Å². The van der Waals surface area contributed by atoms with E-state index in [2.05, 4.69) is 20.9 Å². The van der Waals surface area contributed by atoms with Gasteiger partial charge in [0.25, 0.3) is 0 Å². The van der Waals surface area contributed by atoms with E-state index in [9.17, 15) is 0 Å². The van der Waals surface area contributed by atoms with Gasteiger partial charge in [-0.2, -0.15) is 0 Å². The highest BCUT2D eigenvalue weighted by atomic mass is 79.9. The summed E-state index contributed by atoms with van der Waals surface area (Å²) in [5.41, 5.74) is 2.90. The van der Waals surface area contributed by atoms with E-state index >= 15 is 0 Å². The molecule has 0 spiro atoms. The topological polar surface area (TPSA) is 26.5 Å². The molecule has 23 heavy (non-hydrogen) atoms. The standard InChI is InChI=1S/C18H14BrClN2O/c1-23-16-5-3-15(4-6-16)22-9-8-13(12-22)11-21-14-2-7-17(19)18(20)10-14/h2-12H,1H3. The van der Waals surface area contributed by atoms with Crippen LogP contribution in [0.2, 0.25) is 5.02 Å². The number of methoxy groups -OCH3 is 1. The summed E-state index contributed by atoms with van der Waals surface area (Å²) in [7, 11) is 1.66. The van der Waals surface area contributed by atoms with Gasteiger partial charge >= 0.3 is 0 Å². The Balaban J connectivity index is 1.78. The maximum atomic E-state index is 6.07. The molecule has 0 N–H and O–H groups in total. The van der Waals surface area contributed by atoms with Gasteiger partial charge in [-0.25, -0.2) is 0 Å². The second-order valence-electron chi connectivity index (χ2n) is 4.91. The number of halogens is 2. The molecule has 0 amide bonds. The number of aromatic nitrogens is 1. The number of benzene rings is 2. The van der Waals surface area contributed by atoms with Crippen LogP contribution in [0.5, 0.6) is 5.75 Å². The van der Waals surface area contributed by atoms with E-state index in [0.29, 0.717) is 5.02 Å². The van der Waals surface area contributed by atoms with E-state index in [1.165, 1.54) is 0 Å². The molecule has 1 heterocycles. The Labute approximate surface area is 148 Å². The van der Waals surface area contributed by atoms with Crippen molar-refractivity contribution in [3.63, 3.8) is 0 Å². The van der Waals surface area contributed by atoms with Crippen molar-refractivity contribution in [2.45, 2.75) is 0 Å². The summed E-state index contributed by atoms with van der Waals surface area (Å²) in [5, 5.41) is 0.649. The number of ether oxygens (including phenoxy) is 1. The summed E-state index contributed by atoms with van der Waals surface area (Å²) >= 11 is 9.44. The molecular weight excluding hydrogens is 376 g/mol. The van der Waals surface area contributed by atoms with Crippen LogP contribution >= 0.6 is 27.5 Å². The number of aliphatic imine (C=N–C) groups is 1. The fourth-order valence-corrected chi connectivity index (χ4v) is 2.54. The van der Waals surface area contributed by atoms with Crippen LogP contribution < -0.4 is 4.74 Å². The molecule has 3 aromatic rings. The van der Waals surface area contributed by atoms with Gasteiger partial charge in [0, 0.05) is 34.3 Å². The van der Waals surface area contributed by atoms with Crippen LogP contribution in [0.1, 0.15) is 5.56 Å². The molecule has 2 aromatic carbocycles. The average Bonchev–Trinajstić information content (AvgIpc) is 3.05. The van der Waals surface area contributed by atoms with Crippen LogP contribution in [0.15, 0.2) is 70.4 Å². The molecule has 3 rings (SSSR count). The predicted octanol–water partition coefficient (Wildman–Crippen LogP) is 5.65. The Hall–Kier alpha value is -2.04. The summed E-state index contributed by atoms with van der Waals surface area (Å²) in [5.74, 6) is 0.842. The molecule has 1 aromatic heterocycles. The maximum Gasteiger partial charge on any atom is 0.119 e. The second kappa shape index (κ2) is 7.02. The van der Waals surface area contributed by atoms with Crippen LogP contribution in [0.4, 0.5) is 5.69 Å². The van der Waals surface area contributed by atoms with Crippen molar-refractivity contribution in [3.8, 4) is 11.4 Å². The van der Waals surface area contributed by atoms with Crippen LogP contribution in [-0.2, 0) is 0 Å². The highest BCUT2D eigenvalue weighted by molar-refractivity contribution is 9.10. The van der Waals surface area contributed by atoms with Gasteiger partial charge in [0.15, 0.2) is 0 Å². The number of hydrogen-bond acceptors (Lipinski definition) is 2. The van der Waals surface area contributed by atoms with Gasteiger partial charge < -0.3 is 9.30 Å². The molecule has 0 aliphatic heterocycles. The quantitative estimate of drug-likeness (QED) is 0.529. The van der Waals surface area contributed by atoms with Crippen LogP contribution in [0, 0.1) is 0 Å². The molecule has 0 atom stereocenters. The van der Waals surface area contributed by atoms with Gasteiger partial charge in [0.1, 0.15) is 5.75 Å². The zero-order valence-electron chi connectivity index (χ0n) is 12.4. The summed E-state index contributed by atoms with van der Waals surface area (Å²) < 4.78 is 8.07. The number of nitrogens with zero attached hydrogens (tertiary/aromatic N) is 2. The van der Waals surface area contributed by atoms with Gasteiger partial charge in [-0.15, -0.1) is 0 Å². The minimum Gasteiger partial charge on any atom is -0.497 e. The zero-order chi connectivity index (χ0) is 16.2. The first-order valence-corrected chi connectivity index (χ1v) is 8.14. The van der Waals surface area contributed by atoms with Crippen LogP contribution in [0.25, 0.3) is 5.69 Å². The normalized spacial score (nSPS) is 11.1. The zero-order valence-corrected chi connectivity index (χ0v) is 14.8. The summed E-state index contributed by atoms with van der Waals surface area (Å²) in [4.78, 5) is 4.45. The third-order valence-corrected chi connectivity index (χ3v) is 4.58. The van der Waals surface area contributed by atoms with Crippen LogP contribution in [0.3, 0.4) is 0 Å². The first-order chi connectivity index (χ1) is 11.2. The smallest absolute Gasteiger partial charge is 0.119 e. The number of hydrogen-bond donors (Lipinski definition) is 0. The average molecular weight is 390 g/mol. The second-order valence-corrected chi connectivity index (χ2v) is 6.17. The summed E-state index contributed by atoms with van der Waals surface area (Å²) in [6.07, 6.45) is 5.84. The Kier molecular flexibility index (Phi) is 4.84. The van der Waals surface area contributed by atoms with Gasteiger partial charge in [-0.1, -0.05) is 11.6 Å². The first-order valence-electron chi connectivity index (χ1n) is 6.97. The molecule has 0 aliphatic carbocycles. The molecule has 0 aliphatic rings. The van der Waals surface area contributed by atoms with Crippen molar-refractivity contribution in [3.05, 3.63) is 76.0 Å². The lowest BCUT2D eigenvalue weighted by molar-refractivity contribution is 0.415. The third kappa shape index (κ3) is 3.84. The van der Waals surface area contributed by atoms with Crippen LogP contribution in [-0.4, -0.2) is 17.9 Å². The summed E-state index contributed by atoms with van der Waals surface area (Å²) in [6, 6.07) is 15.5. The van der Waals surface area contributed by atoms with E-state index in [1.54, 1.807) is 7.11 Å². The SMILES string of the molecule is COc1ccc(-n2ccc(C=Nc3ccc(Br)c(Cl)c3)c2)cc1. The molecule has 0 unspecified atom stereocenters. The predicted molar refractivity (Wildman–Crippen MR) is 98.7 cm³/mol. The van der Waals surface area contributed by atoms with Crippen molar-refractivity contribution in [2.24, 2.45) is 4.99 Å². The van der Waals surface area contributed by atoms with Gasteiger partial charge in [0.2, 0.25) is 0 Å². The van der Waals surface area contributed by atoms with E-state index in [0.717, 1.165) is 27.2 Å². The highest BCUT2D eigenvalue weighted by Crippen LogP contribution is 2.27. The monoisotopic (exact) mass is 388 g/mol. The lowest BCUT2D eigenvalue weighted by Crippen LogP contribution is -1.90. The van der Waals surface area contributed by atoms with E-state index in [4.69, 9.17) is 16.3 Å². The fourth-order valence-electron chi connectivity index (χ4n) is 2.12. The molecule has 0 radical (unpaired) electrons. The molecule has 0 saturated heterocycles. The van der Waals surface area contributed by atoms with Crippen molar-refractivity contribution >= 4 is 39.4 Å². The van der Waals surface area contributed by atoms with Gasteiger partial charge in [-0.3, -0.25) is 4.99 Å². The number of rotatable bonds is 4. The minimum absolute atomic E-state index is 0.649. The van der Waals surface area contributed by atoms with Crippen molar-refractivity contribution < 1.29 is 4.74 Å². The van der Waals surface area contributed by atoms with E-state index in [1.807, 2.05) is 71.7 Å². The minimum atomic E-state index is 0.649. The lowest BCUT2D eigenvalue weighted by atomic mass is 10.3. The lowest BCUT2D eigenvalue weighted by Gasteiger charge is -2.04. The largest absolute Gasteiger partial charge is 0.497 e. The van der Waals surface area contributed by atoms with Crippen molar-refractivity contribution in [2.75, 3.05) is 7.11 Å². The van der Waals surface area contributed by atoms with E-state index < -0.39 is 0 Å². The third-order valence-electron chi connectivity index (χ3n) is 3.35.